The van der Waals surface area contributed by atoms with E-state index >= 15 is 0 Å². The number of nitrogens with zero attached hydrogens (tertiary/aromatic N) is 1. The molecule has 2 unspecified atom stereocenters. The predicted molar refractivity (Wildman–Crippen MR) is 183 cm³/mol. The lowest BCUT2D eigenvalue weighted by molar-refractivity contribution is -0.765. The SMILES string of the molecule is CCC1(C)c2ccc(-c3cccc(-c4cc(-c5ccccc5)cc(-c5cccs5)c4)c3)cc2-c2cccc[n+]2C1(C)CC. The minimum Gasteiger partial charge on any atom is -0.192 e. The topological polar surface area (TPSA) is 3.88 Å². The monoisotopic (exact) mass is 576 g/mol. The van der Waals surface area contributed by atoms with Crippen LogP contribution < -0.4 is 4.57 Å². The lowest BCUT2D eigenvalue weighted by Gasteiger charge is -2.46. The average molecular weight is 577 g/mol. The second-order valence-corrected chi connectivity index (χ2v) is 13.2. The van der Waals surface area contributed by atoms with E-state index in [-0.39, 0.29) is 11.0 Å². The van der Waals surface area contributed by atoms with E-state index in [2.05, 4.69) is 165 Å². The van der Waals surface area contributed by atoms with Gasteiger partial charge in [-0.15, -0.1) is 11.3 Å². The van der Waals surface area contributed by atoms with Crippen molar-refractivity contribution in [2.75, 3.05) is 0 Å². The summed E-state index contributed by atoms with van der Waals surface area (Å²) in [6, 6.07) is 45.0. The molecule has 4 aromatic carbocycles. The van der Waals surface area contributed by atoms with E-state index < -0.39 is 0 Å². The van der Waals surface area contributed by atoms with E-state index in [4.69, 9.17) is 0 Å². The van der Waals surface area contributed by atoms with E-state index in [0.29, 0.717) is 0 Å². The quantitative estimate of drug-likeness (QED) is 0.174. The maximum atomic E-state index is 2.54. The number of benzene rings is 4. The summed E-state index contributed by atoms with van der Waals surface area (Å²) in [6.45, 7) is 9.58. The molecule has 0 fully saturated rings. The number of hydrogen-bond donors (Lipinski definition) is 0. The van der Waals surface area contributed by atoms with Crippen LogP contribution in [-0.2, 0) is 11.0 Å². The highest BCUT2D eigenvalue weighted by Crippen LogP contribution is 2.50. The summed E-state index contributed by atoms with van der Waals surface area (Å²) in [5, 5.41) is 2.16. The van der Waals surface area contributed by atoms with Crippen molar-refractivity contribution in [2.24, 2.45) is 0 Å². The third kappa shape index (κ3) is 4.48. The van der Waals surface area contributed by atoms with Gasteiger partial charge in [-0.2, -0.15) is 4.57 Å². The largest absolute Gasteiger partial charge is 0.213 e. The molecule has 0 spiro atoms. The summed E-state index contributed by atoms with van der Waals surface area (Å²) in [5.41, 5.74) is 12.9. The van der Waals surface area contributed by atoms with Crippen LogP contribution in [0.5, 0.6) is 0 Å². The second kappa shape index (κ2) is 10.8. The maximum absolute atomic E-state index is 2.54. The van der Waals surface area contributed by atoms with E-state index in [1.165, 1.54) is 60.6 Å². The zero-order valence-electron chi connectivity index (χ0n) is 25.5. The summed E-state index contributed by atoms with van der Waals surface area (Å²) in [5.74, 6) is 0. The van der Waals surface area contributed by atoms with Gasteiger partial charge in [0.25, 0.3) is 0 Å². The van der Waals surface area contributed by atoms with Crippen LogP contribution in [0.1, 0.15) is 46.1 Å². The Hall–Kier alpha value is -4.27. The Labute approximate surface area is 260 Å². The van der Waals surface area contributed by atoms with Gasteiger partial charge >= 0.3 is 0 Å². The molecule has 0 radical (unpaired) electrons. The minimum absolute atomic E-state index is 0.0107. The van der Waals surface area contributed by atoms with Gasteiger partial charge in [-0.25, -0.2) is 0 Å². The van der Waals surface area contributed by atoms with Gasteiger partial charge in [0.2, 0.25) is 5.69 Å². The Morgan fingerprint density at radius 1 is 0.558 bits per heavy atom. The molecule has 212 valence electrons. The van der Waals surface area contributed by atoms with Crippen molar-refractivity contribution in [3.63, 3.8) is 0 Å². The molecule has 0 N–H and O–H groups in total. The van der Waals surface area contributed by atoms with Gasteiger partial charge in [-0.3, -0.25) is 0 Å². The van der Waals surface area contributed by atoms with E-state index in [1.807, 2.05) is 0 Å². The highest BCUT2D eigenvalue weighted by atomic mass is 32.1. The number of rotatable bonds is 6. The first-order chi connectivity index (χ1) is 20.9. The van der Waals surface area contributed by atoms with Gasteiger partial charge in [0.15, 0.2) is 11.7 Å². The predicted octanol–water partition coefficient (Wildman–Crippen LogP) is 11.2. The molecule has 7 rings (SSSR count). The molecule has 1 aliphatic heterocycles. The molecule has 6 aromatic rings. The van der Waals surface area contributed by atoms with Gasteiger partial charge in [-0.1, -0.05) is 80.6 Å². The molecule has 0 saturated carbocycles. The normalized spacial score (nSPS) is 19.1. The molecule has 2 heteroatoms. The van der Waals surface area contributed by atoms with Gasteiger partial charge in [0.05, 0.1) is 11.0 Å². The first kappa shape index (κ1) is 27.6. The van der Waals surface area contributed by atoms with Crippen LogP contribution in [-0.4, -0.2) is 0 Å². The van der Waals surface area contributed by atoms with Crippen molar-refractivity contribution in [3.8, 4) is 55.1 Å². The summed E-state index contributed by atoms with van der Waals surface area (Å²) >= 11 is 1.79. The molecule has 0 bridgehead atoms. The van der Waals surface area contributed by atoms with Crippen LogP contribution in [0.25, 0.3) is 55.1 Å². The van der Waals surface area contributed by atoms with E-state index in [9.17, 15) is 0 Å². The third-order valence-electron chi connectivity index (χ3n) is 10.2. The van der Waals surface area contributed by atoms with Crippen molar-refractivity contribution in [1.82, 2.24) is 0 Å². The van der Waals surface area contributed by atoms with E-state index in [1.54, 1.807) is 11.3 Å². The van der Waals surface area contributed by atoms with Gasteiger partial charge < -0.3 is 0 Å². The van der Waals surface area contributed by atoms with Crippen LogP contribution in [0, 0.1) is 0 Å². The molecule has 0 saturated heterocycles. The smallest absolute Gasteiger partial charge is 0.192 e. The molecule has 1 nitrogen and oxygen atoms in total. The third-order valence-corrected chi connectivity index (χ3v) is 11.2. The number of pyridine rings is 1. The molecule has 2 atom stereocenters. The zero-order valence-corrected chi connectivity index (χ0v) is 26.3. The summed E-state index contributed by atoms with van der Waals surface area (Å²) in [4.78, 5) is 1.29. The Morgan fingerprint density at radius 3 is 1.93 bits per heavy atom. The van der Waals surface area contributed by atoms with Gasteiger partial charge in [0.1, 0.15) is 0 Å². The second-order valence-electron chi connectivity index (χ2n) is 12.3. The van der Waals surface area contributed by atoms with Gasteiger partial charge in [0, 0.05) is 30.4 Å². The van der Waals surface area contributed by atoms with E-state index in [0.717, 1.165) is 12.8 Å². The van der Waals surface area contributed by atoms with Crippen molar-refractivity contribution < 1.29 is 4.57 Å². The summed E-state index contributed by atoms with van der Waals surface area (Å²) in [6.07, 6.45) is 4.45. The Bertz CT molecular complexity index is 1920. The summed E-state index contributed by atoms with van der Waals surface area (Å²) in [7, 11) is 0. The molecule has 0 amide bonds. The van der Waals surface area contributed by atoms with Crippen molar-refractivity contribution in [2.45, 2.75) is 51.5 Å². The number of hydrogen-bond acceptors (Lipinski definition) is 1. The lowest BCUT2D eigenvalue weighted by Crippen LogP contribution is -2.67. The number of aromatic nitrogens is 1. The Balaban J connectivity index is 1.36. The standard InChI is InChI=1S/C41H38NS/c1-5-40(3)37-21-20-32(28-36(37)38-18-10-11-22-42(38)41(40,4)6-2)30-16-12-17-31(24-30)34-25-33(29-14-8-7-9-15-29)26-35(27-34)39-19-13-23-43-39/h7-28H,5-6H2,1-4H3/q+1. The van der Waals surface area contributed by atoms with Crippen LogP contribution in [0.3, 0.4) is 0 Å². The summed E-state index contributed by atoms with van der Waals surface area (Å²) < 4.78 is 2.54. The fraction of sp³-hybridized carbons (Fsp3) is 0.195. The molecule has 43 heavy (non-hydrogen) atoms. The Kier molecular flexibility index (Phi) is 6.91. The molecule has 3 heterocycles. The van der Waals surface area contributed by atoms with Crippen molar-refractivity contribution in [1.29, 1.82) is 0 Å². The van der Waals surface area contributed by atoms with Crippen LogP contribution in [0.2, 0.25) is 0 Å². The van der Waals surface area contributed by atoms with Crippen LogP contribution in [0.15, 0.2) is 133 Å². The van der Waals surface area contributed by atoms with Gasteiger partial charge in [-0.05, 0) is 106 Å². The first-order valence-corrected chi connectivity index (χ1v) is 16.3. The van der Waals surface area contributed by atoms with Crippen molar-refractivity contribution >= 4 is 11.3 Å². The zero-order chi connectivity index (χ0) is 29.6. The number of thiophene rings is 1. The molecule has 0 aliphatic carbocycles. The molecular formula is C41H38NS+. The maximum Gasteiger partial charge on any atom is 0.213 e. The highest BCUT2D eigenvalue weighted by Gasteiger charge is 2.56. The minimum atomic E-state index is 0.0107. The van der Waals surface area contributed by atoms with Crippen molar-refractivity contribution in [3.05, 3.63) is 138 Å². The molecule has 1 aliphatic rings. The Morgan fingerprint density at radius 2 is 1.21 bits per heavy atom. The van der Waals surface area contributed by atoms with Crippen LogP contribution in [0.4, 0.5) is 0 Å². The number of fused-ring (bicyclic) bond motifs is 3. The fourth-order valence-electron chi connectivity index (χ4n) is 7.25. The molecule has 2 aromatic heterocycles. The fourth-order valence-corrected chi connectivity index (χ4v) is 7.97. The lowest BCUT2D eigenvalue weighted by atomic mass is 9.60. The van der Waals surface area contributed by atoms with Crippen LogP contribution >= 0.6 is 11.3 Å². The highest BCUT2D eigenvalue weighted by molar-refractivity contribution is 7.13. The molecular weight excluding hydrogens is 539 g/mol. The average Bonchev–Trinajstić information content (AvgIpc) is 3.63. The first-order valence-electron chi connectivity index (χ1n) is 15.5.